The second kappa shape index (κ2) is 8.76. The Kier molecular flexibility index (Phi) is 5.95. The van der Waals surface area contributed by atoms with Crippen LogP contribution in [0, 0.1) is 0 Å². The fourth-order valence-corrected chi connectivity index (χ4v) is 2.39. The van der Waals surface area contributed by atoms with E-state index in [9.17, 15) is 9.59 Å². The number of benzene rings is 2. The Hall–Kier alpha value is -3.75. The van der Waals surface area contributed by atoms with E-state index in [2.05, 4.69) is 20.8 Å². The average molecular weight is 381 g/mol. The van der Waals surface area contributed by atoms with Crippen molar-refractivity contribution in [3.05, 3.63) is 66.0 Å². The highest BCUT2D eigenvalue weighted by Crippen LogP contribution is 2.12. The third kappa shape index (κ3) is 4.70. The maximum absolute atomic E-state index is 12.2. The molecule has 0 fully saturated rings. The van der Waals surface area contributed by atoms with Gasteiger partial charge in [0.25, 0.3) is 5.91 Å². The number of nitrogens with one attached hydrogen (secondary N) is 1. The number of amides is 1. The van der Waals surface area contributed by atoms with Crippen LogP contribution in [0.5, 0.6) is 5.75 Å². The third-order valence-electron chi connectivity index (χ3n) is 4.00. The second-order valence-corrected chi connectivity index (χ2v) is 5.91. The first-order chi connectivity index (χ1) is 13.6. The number of esters is 1. The maximum Gasteiger partial charge on any atom is 0.338 e. The zero-order chi connectivity index (χ0) is 19.9. The molecule has 3 aromatic rings. The second-order valence-electron chi connectivity index (χ2n) is 5.91. The van der Waals surface area contributed by atoms with E-state index in [-0.39, 0.29) is 5.91 Å². The summed E-state index contributed by atoms with van der Waals surface area (Å²) < 4.78 is 11.8. The van der Waals surface area contributed by atoms with Crippen molar-refractivity contribution in [3.8, 4) is 11.4 Å². The van der Waals surface area contributed by atoms with Gasteiger partial charge in [0.15, 0.2) is 6.10 Å². The summed E-state index contributed by atoms with van der Waals surface area (Å²) in [6.07, 6.45) is 0.521. The van der Waals surface area contributed by atoms with Crippen LogP contribution in [0.3, 0.4) is 0 Å². The normalized spacial score (nSPS) is 11.5. The summed E-state index contributed by atoms with van der Waals surface area (Å²) in [7, 11) is 1.59. The van der Waals surface area contributed by atoms with Crippen molar-refractivity contribution < 1.29 is 19.1 Å². The van der Waals surface area contributed by atoms with Crippen LogP contribution in [-0.2, 0) is 16.1 Å². The number of hydrogen-bond donors (Lipinski definition) is 1. The largest absolute Gasteiger partial charge is 0.497 e. The Morgan fingerprint density at radius 1 is 1.11 bits per heavy atom. The van der Waals surface area contributed by atoms with Gasteiger partial charge in [0.2, 0.25) is 0 Å². The molecule has 0 saturated carbocycles. The molecule has 0 bridgehead atoms. The molecule has 9 heteroatoms. The molecule has 9 nitrogen and oxygen atoms in total. The van der Waals surface area contributed by atoms with Crippen LogP contribution in [0.25, 0.3) is 5.69 Å². The van der Waals surface area contributed by atoms with Crippen molar-refractivity contribution in [2.24, 2.45) is 0 Å². The van der Waals surface area contributed by atoms with Gasteiger partial charge in [-0.2, -0.15) is 0 Å². The number of methoxy groups -OCH3 is 1. The third-order valence-corrected chi connectivity index (χ3v) is 4.00. The highest BCUT2D eigenvalue weighted by molar-refractivity contribution is 5.92. The number of carbonyl (C=O) groups excluding carboxylic acids is 2. The molecule has 0 saturated heterocycles. The molecule has 0 aliphatic carbocycles. The van der Waals surface area contributed by atoms with E-state index in [1.165, 1.54) is 17.9 Å². The van der Waals surface area contributed by atoms with Crippen LogP contribution >= 0.6 is 0 Å². The number of rotatable bonds is 7. The van der Waals surface area contributed by atoms with Crippen molar-refractivity contribution in [2.45, 2.75) is 19.6 Å². The van der Waals surface area contributed by atoms with Gasteiger partial charge in [-0.1, -0.05) is 12.1 Å². The predicted molar refractivity (Wildman–Crippen MR) is 98.9 cm³/mol. The molecule has 0 aliphatic rings. The molecule has 0 spiro atoms. The molecule has 144 valence electrons. The van der Waals surface area contributed by atoms with Crippen LogP contribution in [0.4, 0.5) is 0 Å². The number of carbonyl (C=O) groups is 2. The smallest absolute Gasteiger partial charge is 0.338 e. The van der Waals surface area contributed by atoms with Gasteiger partial charge >= 0.3 is 5.97 Å². The highest BCUT2D eigenvalue weighted by atomic mass is 16.5. The summed E-state index contributed by atoms with van der Waals surface area (Å²) >= 11 is 0. The highest BCUT2D eigenvalue weighted by Gasteiger charge is 2.18. The average Bonchev–Trinajstić information content (AvgIpc) is 3.27. The topological polar surface area (TPSA) is 108 Å². The molecule has 2 aromatic carbocycles. The molecule has 0 unspecified atom stereocenters. The van der Waals surface area contributed by atoms with E-state index >= 15 is 0 Å². The van der Waals surface area contributed by atoms with Crippen molar-refractivity contribution in [2.75, 3.05) is 7.11 Å². The number of nitrogens with zero attached hydrogens (tertiary/aromatic N) is 4. The van der Waals surface area contributed by atoms with Gasteiger partial charge in [0, 0.05) is 6.54 Å². The first-order valence-electron chi connectivity index (χ1n) is 8.52. The quantitative estimate of drug-likeness (QED) is 0.618. The Balaban J connectivity index is 1.52. The van der Waals surface area contributed by atoms with Gasteiger partial charge in [-0.05, 0) is 59.3 Å². The summed E-state index contributed by atoms with van der Waals surface area (Å²) in [5.41, 5.74) is 1.93. The Bertz CT molecular complexity index is 924. The van der Waals surface area contributed by atoms with Crippen molar-refractivity contribution in [3.63, 3.8) is 0 Å². The fourth-order valence-electron chi connectivity index (χ4n) is 2.39. The zero-order valence-electron chi connectivity index (χ0n) is 15.4. The van der Waals surface area contributed by atoms with E-state index in [1.807, 2.05) is 24.3 Å². The van der Waals surface area contributed by atoms with Crippen LogP contribution in [0.2, 0.25) is 0 Å². The lowest BCUT2D eigenvalue weighted by atomic mass is 10.2. The molecule has 0 aliphatic heterocycles. The fraction of sp³-hybridized carbons (Fsp3) is 0.211. The summed E-state index contributed by atoms with van der Waals surface area (Å²) in [4.78, 5) is 24.4. The minimum atomic E-state index is -0.926. The Morgan fingerprint density at radius 2 is 1.82 bits per heavy atom. The minimum absolute atomic E-state index is 0.325. The number of hydrogen-bond acceptors (Lipinski definition) is 7. The minimum Gasteiger partial charge on any atom is -0.497 e. The van der Waals surface area contributed by atoms with Crippen LogP contribution in [0.15, 0.2) is 54.9 Å². The first kappa shape index (κ1) is 19.0. The molecule has 1 amide bonds. The maximum atomic E-state index is 12.2. The summed E-state index contributed by atoms with van der Waals surface area (Å²) in [5.74, 6) is -0.228. The van der Waals surface area contributed by atoms with Crippen molar-refractivity contribution in [1.82, 2.24) is 25.5 Å². The molecule has 28 heavy (non-hydrogen) atoms. The van der Waals surface area contributed by atoms with E-state index in [1.54, 1.807) is 31.4 Å². The van der Waals surface area contributed by atoms with Gasteiger partial charge in [-0.3, -0.25) is 4.79 Å². The number of tetrazole rings is 1. The van der Waals surface area contributed by atoms with Gasteiger partial charge < -0.3 is 14.8 Å². The summed E-state index contributed by atoms with van der Waals surface area (Å²) in [6, 6.07) is 13.9. The van der Waals surface area contributed by atoms with Gasteiger partial charge in [-0.25, -0.2) is 9.48 Å². The Morgan fingerprint density at radius 3 is 2.43 bits per heavy atom. The van der Waals surface area contributed by atoms with Gasteiger partial charge in [-0.15, -0.1) is 5.10 Å². The first-order valence-corrected chi connectivity index (χ1v) is 8.52. The van der Waals surface area contributed by atoms with Crippen molar-refractivity contribution >= 4 is 11.9 Å². The number of ether oxygens (including phenoxy) is 2. The van der Waals surface area contributed by atoms with Crippen LogP contribution < -0.4 is 10.1 Å². The molecule has 1 heterocycles. The lowest BCUT2D eigenvalue weighted by Gasteiger charge is -2.14. The number of aromatic nitrogens is 4. The van der Waals surface area contributed by atoms with E-state index in [0.29, 0.717) is 17.8 Å². The monoisotopic (exact) mass is 381 g/mol. The molecule has 0 radical (unpaired) electrons. The van der Waals surface area contributed by atoms with Gasteiger partial charge in [0.05, 0.1) is 18.4 Å². The SMILES string of the molecule is COc1ccc(CNC(=O)[C@@H](C)OC(=O)c2ccc(-n3cnnn3)cc2)cc1. The predicted octanol–water partition coefficient (Wildman–Crippen LogP) is 1.53. The molecule has 1 N–H and O–H groups in total. The Labute approximate surface area is 161 Å². The molecule has 1 atom stereocenters. The van der Waals surface area contributed by atoms with Crippen LogP contribution in [0.1, 0.15) is 22.8 Å². The molecular weight excluding hydrogens is 362 g/mol. The van der Waals surface area contributed by atoms with E-state index in [4.69, 9.17) is 9.47 Å². The zero-order valence-corrected chi connectivity index (χ0v) is 15.4. The van der Waals surface area contributed by atoms with Crippen molar-refractivity contribution in [1.29, 1.82) is 0 Å². The lowest BCUT2D eigenvalue weighted by Crippen LogP contribution is -2.35. The molecule has 3 rings (SSSR count). The van der Waals surface area contributed by atoms with Crippen LogP contribution in [-0.4, -0.2) is 45.3 Å². The summed E-state index contributed by atoms with van der Waals surface area (Å²) in [5, 5.41) is 13.6. The standard InChI is InChI=1S/C19H19N5O4/c1-13(18(25)20-11-14-3-9-17(27-2)10-4-14)28-19(26)15-5-7-16(8-6-15)24-12-21-22-23-24/h3-10,12-13H,11H2,1-2H3,(H,20,25)/t13-/m1/s1. The molecular formula is C19H19N5O4. The van der Waals surface area contributed by atoms with E-state index < -0.39 is 12.1 Å². The lowest BCUT2D eigenvalue weighted by molar-refractivity contribution is -0.129. The van der Waals surface area contributed by atoms with Gasteiger partial charge in [0.1, 0.15) is 12.1 Å². The molecule has 1 aromatic heterocycles. The van der Waals surface area contributed by atoms with E-state index in [0.717, 1.165) is 11.3 Å². The summed E-state index contributed by atoms with van der Waals surface area (Å²) in [6.45, 7) is 1.85.